The number of halogens is 1. The number of unbranched alkanes of at least 4 members (excludes halogenated alkanes) is 2. The summed E-state index contributed by atoms with van der Waals surface area (Å²) < 4.78 is 18.5. The Bertz CT molecular complexity index is 1840. The van der Waals surface area contributed by atoms with Gasteiger partial charge in [-0.15, -0.1) is 10.2 Å². The van der Waals surface area contributed by atoms with Crippen molar-refractivity contribution in [1.29, 1.82) is 0 Å². The van der Waals surface area contributed by atoms with Gasteiger partial charge >= 0.3 is 5.91 Å². The summed E-state index contributed by atoms with van der Waals surface area (Å²) in [4.78, 5) is 29.0. The minimum Gasteiger partial charge on any atom is -0.507 e. The second kappa shape index (κ2) is 15.0. The van der Waals surface area contributed by atoms with Crippen LogP contribution in [-0.4, -0.2) is 46.3 Å². The number of amides is 1. The third-order valence-electron chi connectivity index (χ3n) is 8.08. The van der Waals surface area contributed by atoms with E-state index in [0.29, 0.717) is 57.4 Å². The van der Waals surface area contributed by atoms with Crippen molar-refractivity contribution in [1.82, 2.24) is 10.2 Å². The number of aromatic nitrogens is 2. The molecule has 9 nitrogen and oxygen atoms in total. The van der Waals surface area contributed by atoms with E-state index in [1.165, 1.54) is 28.0 Å². The molecule has 0 radical (unpaired) electrons. The zero-order chi connectivity index (χ0) is 33.8. The van der Waals surface area contributed by atoms with Crippen LogP contribution in [0.25, 0.3) is 5.76 Å². The summed E-state index contributed by atoms with van der Waals surface area (Å²) in [5, 5.41) is 21.3. The highest BCUT2D eigenvalue weighted by Gasteiger charge is 2.48. The van der Waals surface area contributed by atoms with Crippen LogP contribution in [0, 0.1) is 0 Å². The summed E-state index contributed by atoms with van der Waals surface area (Å²) >= 11 is 8.71. The summed E-state index contributed by atoms with van der Waals surface area (Å²) in [5.41, 5.74) is 2.91. The molecule has 1 saturated heterocycles. The number of carbonyl (C=O) groups excluding carboxylic acids is 2. The van der Waals surface area contributed by atoms with Crippen LogP contribution < -0.4 is 19.1 Å². The quantitative estimate of drug-likeness (QED) is 0.0366. The van der Waals surface area contributed by atoms with Crippen molar-refractivity contribution in [2.45, 2.75) is 68.7 Å². The molecule has 2 atom stereocenters. The Morgan fingerprint density at radius 3 is 2.62 bits per heavy atom. The Hall–Kier alpha value is -4.06. The van der Waals surface area contributed by atoms with Gasteiger partial charge in [-0.1, -0.05) is 72.7 Å². The van der Waals surface area contributed by atoms with Gasteiger partial charge < -0.3 is 19.3 Å². The van der Waals surface area contributed by atoms with Crippen LogP contribution in [0.15, 0.2) is 70.6 Å². The van der Waals surface area contributed by atoms with Gasteiger partial charge in [-0.3, -0.25) is 14.5 Å². The fourth-order valence-electron chi connectivity index (χ4n) is 5.77. The fraction of sp³-hybridized carbons (Fsp3) is 0.333. The second-order valence-corrected chi connectivity index (χ2v) is 14.2. The lowest BCUT2D eigenvalue weighted by atomic mass is 9.94. The van der Waals surface area contributed by atoms with Crippen LogP contribution in [0.1, 0.15) is 68.3 Å². The lowest BCUT2D eigenvalue weighted by Gasteiger charge is -2.23. The van der Waals surface area contributed by atoms with Crippen molar-refractivity contribution in [3.8, 4) is 17.2 Å². The molecule has 0 spiro atoms. The maximum atomic E-state index is 13.8. The predicted octanol–water partition coefficient (Wildman–Crippen LogP) is 8.40. The maximum absolute atomic E-state index is 13.8. The SMILES string of the molecule is CCCCCOc1ccc([C@@H]2C(=C(O)c3ccc4c(c3)C[C@@H](C)O4)C(=O)C(=O)N2c2nnc(SCc3ccc(Cl)cc3)s2)cc1OCC. The molecule has 48 heavy (non-hydrogen) atoms. The average Bonchev–Trinajstić information content (AvgIpc) is 3.77. The molecular weight excluding hydrogens is 670 g/mol. The number of hydrogen-bond donors (Lipinski definition) is 1. The molecule has 0 bridgehead atoms. The molecule has 250 valence electrons. The lowest BCUT2D eigenvalue weighted by molar-refractivity contribution is -0.132. The Labute approximate surface area is 292 Å². The van der Waals surface area contributed by atoms with Crippen LogP contribution in [0.4, 0.5) is 5.13 Å². The van der Waals surface area contributed by atoms with E-state index < -0.39 is 17.7 Å². The van der Waals surface area contributed by atoms with Crippen molar-refractivity contribution >= 4 is 57.3 Å². The second-order valence-electron chi connectivity index (χ2n) is 11.6. The molecule has 0 unspecified atom stereocenters. The lowest BCUT2D eigenvalue weighted by Crippen LogP contribution is -2.29. The van der Waals surface area contributed by atoms with E-state index >= 15 is 0 Å². The Morgan fingerprint density at radius 1 is 1.04 bits per heavy atom. The Morgan fingerprint density at radius 2 is 1.85 bits per heavy atom. The summed E-state index contributed by atoms with van der Waals surface area (Å²) in [6, 6.07) is 17.2. The van der Waals surface area contributed by atoms with Gasteiger partial charge in [0.15, 0.2) is 15.8 Å². The van der Waals surface area contributed by atoms with Crippen LogP contribution in [0.5, 0.6) is 17.2 Å². The highest BCUT2D eigenvalue weighted by atomic mass is 35.5. The smallest absolute Gasteiger partial charge is 0.301 e. The number of aliphatic hydroxyl groups is 1. The average molecular weight is 706 g/mol. The summed E-state index contributed by atoms with van der Waals surface area (Å²) in [7, 11) is 0. The molecule has 3 aromatic carbocycles. The van der Waals surface area contributed by atoms with Gasteiger partial charge in [0.1, 0.15) is 17.6 Å². The molecule has 4 aromatic rings. The number of rotatable bonds is 13. The summed E-state index contributed by atoms with van der Waals surface area (Å²) in [6.45, 7) is 6.90. The predicted molar refractivity (Wildman–Crippen MR) is 189 cm³/mol. The van der Waals surface area contributed by atoms with Gasteiger partial charge in [0.25, 0.3) is 5.78 Å². The number of carbonyl (C=O) groups is 2. The Balaban J connectivity index is 1.39. The molecule has 0 saturated carbocycles. The zero-order valence-corrected chi connectivity index (χ0v) is 29.3. The van der Waals surface area contributed by atoms with E-state index in [1.54, 1.807) is 30.3 Å². The van der Waals surface area contributed by atoms with Crippen molar-refractivity contribution in [3.05, 3.63) is 93.5 Å². The van der Waals surface area contributed by atoms with Crippen molar-refractivity contribution in [3.63, 3.8) is 0 Å². The molecule has 6 rings (SSSR count). The number of anilines is 1. The number of fused-ring (bicyclic) bond motifs is 1. The van der Waals surface area contributed by atoms with Gasteiger partial charge in [-0.25, -0.2) is 0 Å². The highest BCUT2D eigenvalue weighted by Crippen LogP contribution is 2.46. The van der Waals surface area contributed by atoms with Crippen LogP contribution >= 0.6 is 34.7 Å². The molecule has 2 aliphatic rings. The van der Waals surface area contributed by atoms with Crippen LogP contribution in [-0.2, 0) is 21.8 Å². The van der Waals surface area contributed by atoms with Gasteiger partial charge in [0.2, 0.25) is 5.13 Å². The number of ketones is 1. The van der Waals surface area contributed by atoms with Crippen molar-refractivity contribution in [2.75, 3.05) is 18.1 Å². The van der Waals surface area contributed by atoms with Gasteiger partial charge in [-0.2, -0.15) is 0 Å². The number of benzene rings is 3. The number of thioether (sulfide) groups is 1. The molecule has 1 N–H and O–H groups in total. The standard InChI is InChI=1S/C36H36ClN3O6S2/c1-4-6-7-16-45-28-15-10-23(19-29(28)44-5-2)31-30(32(41)24-11-14-27-25(18-24)17-21(3)46-27)33(42)34(43)40(31)35-38-39-36(48-35)47-20-22-8-12-26(37)13-9-22/h8-15,18-19,21,31,41H,4-7,16-17,20H2,1-3H3/t21-,31-/m1/s1. The summed E-state index contributed by atoms with van der Waals surface area (Å²) in [5.74, 6) is 0.517. The normalized spacial score (nSPS) is 18.2. The topological polar surface area (TPSA) is 111 Å². The van der Waals surface area contributed by atoms with Gasteiger partial charge in [0, 0.05) is 22.8 Å². The third kappa shape index (κ3) is 7.18. The number of ether oxygens (including phenoxy) is 3. The molecule has 1 amide bonds. The third-order valence-corrected chi connectivity index (χ3v) is 10.5. The van der Waals surface area contributed by atoms with E-state index in [0.717, 1.165) is 36.1 Å². The zero-order valence-electron chi connectivity index (χ0n) is 26.9. The van der Waals surface area contributed by atoms with E-state index in [-0.39, 0.29) is 22.6 Å². The summed E-state index contributed by atoms with van der Waals surface area (Å²) in [6.07, 6.45) is 3.71. The van der Waals surface area contributed by atoms with E-state index in [4.69, 9.17) is 25.8 Å². The van der Waals surface area contributed by atoms with Gasteiger partial charge in [0.05, 0.1) is 24.8 Å². The molecule has 3 heterocycles. The first kappa shape index (κ1) is 33.8. The van der Waals surface area contributed by atoms with Crippen molar-refractivity contribution in [2.24, 2.45) is 0 Å². The van der Waals surface area contributed by atoms with Crippen LogP contribution in [0.3, 0.4) is 0 Å². The first-order valence-corrected chi connectivity index (χ1v) is 18.2. The first-order valence-electron chi connectivity index (χ1n) is 16.0. The monoisotopic (exact) mass is 705 g/mol. The minimum absolute atomic E-state index is 0.00632. The van der Waals surface area contributed by atoms with E-state index in [2.05, 4.69) is 17.1 Å². The molecule has 2 aliphatic heterocycles. The number of Topliss-reactive ketones (excluding diaryl/α,β-unsaturated/α-hetero) is 1. The Kier molecular flexibility index (Phi) is 10.6. The molecular formula is C36H36ClN3O6S2. The number of nitrogens with zero attached hydrogens (tertiary/aromatic N) is 3. The molecule has 1 aromatic heterocycles. The fourth-order valence-corrected chi connectivity index (χ4v) is 7.72. The molecule has 12 heteroatoms. The van der Waals surface area contributed by atoms with Gasteiger partial charge in [-0.05, 0) is 79.4 Å². The van der Waals surface area contributed by atoms with Crippen molar-refractivity contribution < 1.29 is 28.9 Å². The first-order chi connectivity index (χ1) is 23.3. The maximum Gasteiger partial charge on any atom is 0.301 e. The number of hydrogen-bond acceptors (Lipinski definition) is 10. The molecule has 1 fully saturated rings. The largest absolute Gasteiger partial charge is 0.507 e. The van der Waals surface area contributed by atoms with E-state index in [1.807, 2.05) is 44.2 Å². The van der Waals surface area contributed by atoms with E-state index in [9.17, 15) is 14.7 Å². The highest BCUT2D eigenvalue weighted by molar-refractivity contribution is 8.00. The minimum atomic E-state index is -0.996. The number of aliphatic hydroxyl groups excluding tert-OH is 1. The van der Waals surface area contributed by atoms with Crippen LogP contribution in [0.2, 0.25) is 5.02 Å². The molecule has 0 aliphatic carbocycles.